The van der Waals surface area contributed by atoms with Crippen molar-refractivity contribution in [3.63, 3.8) is 0 Å². The molecule has 6 aromatic rings. The van der Waals surface area contributed by atoms with Crippen molar-refractivity contribution in [3.8, 4) is 22.3 Å². The first kappa shape index (κ1) is 27.2. The number of rotatable bonds is 5. The zero-order valence-corrected chi connectivity index (χ0v) is 25.8. The van der Waals surface area contributed by atoms with Gasteiger partial charge in [-0.15, -0.1) is 0 Å². The Bertz CT molecular complexity index is 2120. The number of nitrogens with one attached hydrogen (secondary N) is 1. The maximum absolute atomic E-state index is 3.74. The van der Waals surface area contributed by atoms with Crippen molar-refractivity contribution in [2.45, 2.75) is 32.1 Å². The third-order valence-electron chi connectivity index (χ3n) is 9.43. The molecule has 8 rings (SSSR count). The average Bonchev–Trinajstić information content (AvgIpc) is 3.09. The van der Waals surface area contributed by atoms with E-state index in [2.05, 4.69) is 176 Å². The molecule has 0 aromatic heterocycles. The number of benzene rings is 6. The zero-order chi connectivity index (χ0) is 30.4. The van der Waals surface area contributed by atoms with Gasteiger partial charge in [-0.05, 0) is 106 Å². The predicted octanol–water partition coefficient (Wildman–Crippen LogP) is 11.9. The number of anilines is 4. The van der Waals surface area contributed by atoms with Crippen LogP contribution in [0.3, 0.4) is 0 Å². The molecule has 6 aromatic carbocycles. The number of nitrogens with zero attached hydrogens (tertiary/aromatic N) is 1. The first-order valence-corrected chi connectivity index (χ1v) is 15.9. The van der Waals surface area contributed by atoms with E-state index in [1.165, 1.54) is 61.2 Å². The van der Waals surface area contributed by atoms with Crippen molar-refractivity contribution in [2.24, 2.45) is 0 Å². The molecule has 2 heteroatoms. The summed E-state index contributed by atoms with van der Waals surface area (Å²) in [7, 11) is 0. The summed E-state index contributed by atoms with van der Waals surface area (Å²) < 4.78 is 0. The van der Waals surface area contributed by atoms with Crippen molar-refractivity contribution >= 4 is 33.5 Å². The molecule has 0 radical (unpaired) electrons. The number of fused-ring (bicyclic) bond motifs is 3. The van der Waals surface area contributed by atoms with Crippen LogP contribution in [0.25, 0.3) is 33.0 Å². The van der Waals surface area contributed by atoms with Crippen LogP contribution in [0.15, 0.2) is 157 Å². The molecule has 218 valence electrons. The fourth-order valence-corrected chi connectivity index (χ4v) is 7.03. The molecule has 2 nitrogen and oxygen atoms in total. The minimum Gasteiger partial charge on any atom is -0.355 e. The van der Waals surface area contributed by atoms with E-state index < -0.39 is 0 Å². The molecule has 2 aliphatic rings. The number of hydrogen-bond donors (Lipinski definition) is 1. The van der Waals surface area contributed by atoms with Gasteiger partial charge in [0.05, 0.1) is 11.4 Å². The SMILES string of the molecule is CC1(C)c2ccccc2N(c2ccccc2)c2ccc(-c3ccc(NC4=CCCC=C4)c(-c4ccc5ccccc5c4)c3)cc21. The molecule has 1 aliphatic heterocycles. The zero-order valence-electron chi connectivity index (χ0n) is 25.8. The molecule has 1 N–H and O–H groups in total. The highest BCUT2D eigenvalue weighted by Gasteiger charge is 2.36. The monoisotopic (exact) mass is 580 g/mol. The standard InChI is InChI=1S/C43H36N2/c1-43(2)38-19-11-12-20-41(38)45(36-17-7-4-8-18-36)42-26-24-33(29-39(42)43)32-23-25-40(44-35-15-5-3-6-16-35)37(28-32)34-22-21-30-13-9-10-14-31(30)27-34/h4-5,7-29,44H,3,6H2,1-2H3. The van der Waals surface area contributed by atoms with Crippen molar-refractivity contribution in [3.05, 3.63) is 169 Å². The highest BCUT2D eigenvalue weighted by atomic mass is 15.2. The lowest BCUT2D eigenvalue weighted by Gasteiger charge is -2.42. The van der Waals surface area contributed by atoms with Crippen LogP contribution in [0.4, 0.5) is 22.7 Å². The lowest BCUT2D eigenvalue weighted by atomic mass is 9.73. The third-order valence-corrected chi connectivity index (χ3v) is 9.43. The van der Waals surface area contributed by atoms with E-state index in [4.69, 9.17) is 0 Å². The lowest BCUT2D eigenvalue weighted by molar-refractivity contribution is 0.632. The second-order valence-corrected chi connectivity index (χ2v) is 12.6. The average molecular weight is 581 g/mol. The van der Waals surface area contributed by atoms with Crippen molar-refractivity contribution in [2.75, 3.05) is 10.2 Å². The molecule has 45 heavy (non-hydrogen) atoms. The minimum absolute atomic E-state index is 0.157. The van der Waals surface area contributed by atoms with E-state index in [0.29, 0.717) is 0 Å². The molecule has 1 heterocycles. The summed E-state index contributed by atoms with van der Waals surface area (Å²) in [6.45, 7) is 4.71. The third kappa shape index (κ3) is 4.84. The normalized spacial score (nSPS) is 14.9. The van der Waals surface area contributed by atoms with Gasteiger partial charge in [0.25, 0.3) is 0 Å². The summed E-state index contributed by atoms with van der Waals surface area (Å²) in [6.07, 6.45) is 8.90. The van der Waals surface area contributed by atoms with Crippen LogP contribution in [-0.2, 0) is 5.41 Å². The molecule has 0 fully saturated rings. The van der Waals surface area contributed by atoms with Crippen molar-refractivity contribution in [1.29, 1.82) is 0 Å². The molecule has 0 atom stereocenters. The Labute approximate surface area is 266 Å². The van der Waals surface area contributed by atoms with Gasteiger partial charge < -0.3 is 10.2 Å². The summed E-state index contributed by atoms with van der Waals surface area (Å²) in [5.41, 5.74) is 13.3. The Balaban J connectivity index is 1.27. The Kier molecular flexibility index (Phi) is 6.64. The van der Waals surface area contributed by atoms with E-state index in [1.54, 1.807) is 0 Å². The predicted molar refractivity (Wildman–Crippen MR) is 192 cm³/mol. The van der Waals surface area contributed by atoms with Crippen molar-refractivity contribution in [1.82, 2.24) is 0 Å². The number of hydrogen-bond acceptors (Lipinski definition) is 2. The van der Waals surface area contributed by atoms with Gasteiger partial charge in [-0.25, -0.2) is 0 Å². The summed E-state index contributed by atoms with van der Waals surface area (Å²) in [5.74, 6) is 0. The maximum Gasteiger partial charge on any atom is 0.0503 e. The summed E-state index contributed by atoms with van der Waals surface area (Å²) in [4.78, 5) is 2.42. The molecule has 0 saturated carbocycles. The van der Waals surface area contributed by atoms with Crippen LogP contribution >= 0.6 is 0 Å². The van der Waals surface area contributed by atoms with Crippen molar-refractivity contribution < 1.29 is 0 Å². The van der Waals surface area contributed by atoms with E-state index in [-0.39, 0.29) is 5.41 Å². The fourth-order valence-electron chi connectivity index (χ4n) is 7.03. The van der Waals surface area contributed by atoms with E-state index in [1.807, 2.05) is 0 Å². The van der Waals surface area contributed by atoms with Crippen LogP contribution in [0.1, 0.15) is 37.8 Å². The van der Waals surface area contributed by atoms with E-state index >= 15 is 0 Å². The molecule has 0 amide bonds. The van der Waals surface area contributed by atoms with Gasteiger partial charge in [0.1, 0.15) is 0 Å². The second kappa shape index (κ2) is 11.0. The molecular formula is C43H36N2. The number of para-hydroxylation sites is 2. The second-order valence-electron chi connectivity index (χ2n) is 12.6. The Morgan fingerprint density at radius 3 is 2.13 bits per heavy atom. The Hall–Kier alpha value is -5.34. The van der Waals surface area contributed by atoms with Gasteiger partial charge in [-0.1, -0.05) is 111 Å². The highest BCUT2D eigenvalue weighted by molar-refractivity contribution is 5.92. The summed E-state index contributed by atoms with van der Waals surface area (Å²) in [6, 6.07) is 48.9. The molecule has 0 saturated heterocycles. The van der Waals surface area contributed by atoms with Gasteiger partial charge in [0, 0.05) is 28.1 Å². The van der Waals surface area contributed by atoms with E-state index in [0.717, 1.165) is 24.2 Å². The molecule has 0 spiro atoms. The first-order chi connectivity index (χ1) is 22.1. The van der Waals surface area contributed by atoms with Crippen LogP contribution in [0.2, 0.25) is 0 Å². The first-order valence-electron chi connectivity index (χ1n) is 15.9. The molecule has 0 bridgehead atoms. The van der Waals surface area contributed by atoms with Gasteiger partial charge in [0.15, 0.2) is 0 Å². The quantitative estimate of drug-likeness (QED) is 0.218. The molecular weight excluding hydrogens is 544 g/mol. The highest BCUT2D eigenvalue weighted by Crippen LogP contribution is 2.52. The van der Waals surface area contributed by atoms with Crippen LogP contribution in [-0.4, -0.2) is 0 Å². The largest absolute Gasteiger partial charge is 0.355 e. The molecule has 1 aliphatic carbocycles. The maximum atomic E-state index is 3.74. The van der Waals surface area contributed by atoms with Gasteiger partial charge in [-0.2, -0.15) is 0 Å². The topological polar surface area (TPSA) is 15.3 Å². The van der Waals surface area contributed by atoms with Crippen LogP contribution in [0, 0.1) is 0 Å². The minimum atomic E-state index is -0.157. The van der Waals surface area contributed by atoms with Crippen LogP contribution < -0.4 is 10.2 Å². The molecule has 0 unspecified atom stereocenters. The fraction of sp³-hybridized carbons (Fsp3) is 0.116. The lowest BCUT2D eigenvalue weighted by Crippen LogP contribution is -2.30. The van der Waals surface area contributed by atoms with Gasteiger partial charge in [0.2, 0.25) is 0 Å². The van der Waals surface area contributed by atoms with Crippen LogP contribution in [0.5, 0.6) is 0 Å². The summed E-state index contributed by atoms with van der Waals surface area (Å²) in [5, 5.41) is 6.24. The van der Waals surface area contributed by atoms with Gasteiger partial charge in [-0.3, -0.25) is 0 Å². The smallest absolute Gasteiger partial charge is 0.0503 e. The Morgan fingerprint density at radius 2 is 1.29 bits per heavy atom. The Morgan fingerprint density at radius 1 is 0.578 bits per heavy atom. The van der Waals surface area contributed by atoms with E-state index in [9.17, 15) is 0 Å². The van der Waals surface area contributed by atoms with Gasteiger partial charge >= 0.3 is 0 Å². The summed E-state index contributed by atoms with van der Waals surface area (Å²) >= 11 is 0. The number of allylic oxidation sites excluding steroid dienone is 3.